The molecule has 0 aliphatic carbocycles. The molecule has 0 bridgehead atoms. The molecule has 1 heterocycles. The van der Waals surface area contributed by atoms with E-state index in [0.717, 1.165) is 28.1 Å². The van der Waals surface area contributed by atoms with Crippen LogP contribution in [0.1, 0.15) is 24.0 Å². The number of carboxylic acid groups (broad SMARTS) is 1. The molecule has 1 amide bonds. The molecule has 3 rings (SSSR count). The zero-order valence-electron chi connectivity index (χ0n) is 17.5. The molecule has 7 nitrogen and oxygen atoms in total. The Kier molecular flexibility index (Phi) is 7.43. The summed E-state index contributed by atoms with van der Waals surface area (Å²) in [6, 6.07) is 11.2. The number of benzene rings is 2. The highest BCUT2D eigenvalue weighted by Gasteiger charge is 2.36. The van der Waals surface area contributed by atoms with Gasteiger partial charge >= 0.3 is 12.1 Å². The minimum atomic E-state index is -4.67. The van der Waals surface area contributed by atoms with E-state index in [9.17, 15) is 36.3 Å². The lowest BCUT2D eigenvalue weighted by Gasteiger charge is -2.31. The van der Waals surface area contributed by atoms with Crippen LogP contribution in [0.25, 0.3) is 0 Å². The first-order valence-electron chi connectivity index (χ1n) is 10.2. The number of carboxylic acids is 1. The van der Waals surface area contributed by atoms with Crippen molar-refractivity contribution in [3.8, 4) is 0 Å². The largest absolute Gasteiger partial charge is 0.480 e. The number of hydrogen-bond acceptors (Lipinski definition) is 4. The Morgan fingerprint density at radius 1 is 1.06 bits per heavy atom. The number of alkyl halides is 3. The van der Waals surface area contributed by atoms with E-state index in [2.05, 4.69) is 5.32 Å². The van der Waals surface area contributed by atoms with E-state index >= 15 is 0 Å². The Bertz CT molecular complexity index is 1100. The van der Waals surface area contributed by atoms with Crippen LogP contribution in [0.15, 0.2) is 59.5 Å². The van der Waals surface area contributed by atoms with Crippen LogP contribution < -0.4 is 5.32 Å². The molecule has 33 heavy (non-hydrogen) atoms. The number of amides is 1. The number of rotatable bonds is 7. The number of carbonyl (C=O) groups excluding carboxylic acids is 1. The van der Waals surface area contributed by atoms with Crippen molar-refractivity contribution in [2.24, 2.45) is 5.92 Å². The van der Waals surface area contributed by atoms with E-state index in [-0.39, 0.29) is 32.4 Å². The van der Waals surface area contributed by atoms with Gasteiger partial charge in [-0.15, -0.1) is 0 Å². The Balaban J connectivity index is 1.62. The van der Waals surface area contributed by atoms with E-state index < -0.39 is 50.5 Å². The van der Waals surface area contributed by atoms with Crippen molar-refractivity contribution in [3.63, 3.8) is 0 Å². The number of hydrogen-bond donors (Lipinski definition) is 2. The maximum atomic E-state index is 12.9. The Hall–Kier alpha value is -2.92. The maximum absolute atomic E-state index is 12.9. The van der Waals surface area contributed by atoms with Gasteiger partial charge in [-0.3, -0.25) is 4.79 Å². The van der Waals surface area contributed by atoms with Gasteiger partial charge in [0.2, 0.25) is 15.9 Å². The standard InChI is InChI=1S/C22H23F3N2O5S/c23-22(24,25)17-7-4-8-18(14-17)33(31,32)27-11-9-16(10-12-27)20(28)26-19(21(29)30)13-15-5-2-1-3-6-15/h1-8,14,16,19H,9-13H2,(H,26,28)(H,29,30)/t19-/m1/s1. The quantitative estimate of drug-likeness (QED) is 0.629. The van der Waals surface area contributed by atoms with Gasteiger partial charge < -0.3 is 10.4 Å². The third-order valence-corrected chi connectivity index (χ3v) is 7.42. The maximum Gasteiger partial charge on any atom is 0.416 e. The summed E-state index contributed by atoms with van der Waals surface area (Å²) in [4.78, 5) is 23.7. The number of sulfonamides is 1. The second-order valence-corrected chi connectivity index (χ2v) is 9.73. The van der Waals surface area contributed by atoms with Gasteiger partial charge in [0.15, 0.2) is 0 Å². The van der Waals surface area contributed by atoms with Crippen LogP contribution in [-0.4, -0.2) is 48.8 Å². The fraction of sp³-hybridized carbons (Fsp3) is 0.364. The summed E-state index contributed by atoms with van der Waals surface area (Å²) in [7, 11) is -4.16. The molecule has 0 spiro atoms. The van der Waals surface area contributed by atoms with Crippen molar-refractivity contribution < 1.29 is 36.3 Å². The molecule has 0 unspecified atom stereocenters. The molecule has 2 aromatic rings. The summed E-state index contributed by atoms with van der Waals surface area (Å²) in [6.45, 7) is -0.125. The van der Waals surface area contributed by atoms with Crippen molar-refractivity contribution >= 4 is 21.9 Å². The number of nitrogens with one attached hydrogen (secondary N) is 1. The molecule has 0 radical (unpaired) electrons. The lowest BCUT2D eigenvalue weighted by atomic mass is 9.96. The lowest BCUT2D eigenvalue weighted by molar-refractivity contribution is -0.142. The number of halogens is 3. The van der Waals surface area contributed by atoms with E-state index in [0.29, 0.717) is 6.07 Å². The highest BCUT2D eigenvalue weighted by Crippen LogP contribution is 2.32. The van der Waals surface area contributed by atoms with Crippen LogP contribution >= 0.6 is 0 Å². The van der Waals surface area contributed by atoms with Gasteiger partial charge in [-0.2, -0.15) is 17.5 Å². The van der Waals surface area contributed by atoms with Crippen molar-refractivity contribution in [1.29, 1.82) is 0 Å². The molecular formula is C22H23F3N2O5S. The topological polar surface area (TPSA) is 104 Å². The van der Waals surface area contributed by atoms with Crippen LogP contribution in [0, 0.1) is 5.92 Å². The minimum Gasteiger partial charge on any atom is -0.480 e. The van der Waals surface area contributed by atoms with Gasteiger partial charge in [0, 0.05) is 25.4 Å². The Labute approximate surface area is 189 Å². The second kappa shape index (κ2) is 9.92. The van der Waals surface area contributed by atoms with E-state index in [1.54, 1.807) is 30.3 Å². The Morgan fingerprint density at radius 2 is 1.70 bits per heavy atom. The number of nitrogens with zero attached hydrogens (tertiary/aromatic N) is 1. The first-order valence-corrected chi connectivity index (χ1v) is 11.7. The fourth-order valence-electron chi connectivity index (χ4n) is 3.68. The molecule has 1 aliphatic heterocycles. The molecule has 178 valence electrons. The Morgan fingerprint density at radius 3 is 2.27 bits per heavy atom. The van der Waals surface area contributed by atoms with Gasteiger partial charge in [-0.1, -0.05) is 36.4 Å². The molecule has 1 aliphatic rings. The van der Waals surface area contributed by atoms with Crippen LogP contribution in [0.5, 0.6) is 0 Å². The van der Waals surface area contributed by atoms with E-state index in [1.807, 2.05) is 0 Å². The predicted molar refractivity (Wildman–Crippen MR) is 113 cm³/mol. The van der Waals surface area contributed by atoms with Crippen LogP contribution in [0.2, 0.25) is 0 Å². The van der Waals surface area contributed by atoms with E-state index in [1.165, 1.54) is 0 Å². The summed E-state index contributed by atoms with van der Waals surface area (Å²) in [5.41, 5.74) is -0.317. The van der Waals surface area contributed by atoms with Crippen LogP contribution in [0.3, 0.4) is 0 Å². The SMILES string of the molecule is O=C(N[C@H](Cc1ccccc1)C(=O)O)C1CCN(S(=O)(=O)c2cccc(C(F)(F)F)c2)CC1. The first kappa shape index (κ1) is 24.7. The molecular weight excluding hydrogens is 461 g/mol. The van der Waals surface area contributed by atoms with Gasteiger partial charge in [0.1, 0.15) is 6.04 Å². The number of carbonyl (C=O) groups is 2. The van der Waals surface area contributed by atoms with Gasteiger partial charge in [-0.05, 0) is 36.6 Å². The summed E-state index contributed by atoms with van der Waals surface area (Å²) in [5, 5.41) is 12.0. The molecule has 1 atom stereocenters. The van der Waals surface area contributed by atoms with Crippen molar-refractivity contribution in [2.75, 3.05) is 13.1 Å². The molecule has 0 aromatic heterocycles. The summed E-state index contributed by atoms with van der Waals surface area (Å²) < 4.78 is 65.5. The molecule has 0 saturated carbocycles. The third-order valence-electron chi connectivity index (χ3n) is 5.52. The molecule has 2 N–H and O–H groups in total. The van der Waals surface area contributed by atoms with Gasteiger partial charge in [0.25, 0.3) is 0 Å². The van der Waals surface area contributed by atoms with Gasteiger partial charge in [-0.25, -0.2) is 13.2 Å². The smallest absolute Gasteiger partial charge is 0.416 e. The average molecular weight is 484 g/mol. The third kappa shape index (κ3) is 6.11. The summed E-state index contributed by atoms with van der Waals surface area (Å²) in [6.07, 6.45) is -4.31. The zero-order valence-corrected chi connectivity index (χ0v) is 18.3. The minimum absolute atomic E-state index is 0.0624. The lowest BCUT2D eigenvalue weighted by Crippen LogP contribution is -2.48. The molecule has 11 heteroatoms. The average Bonchev–Trinajstić information content (AvgIpc) is 2.79. The first-order chi connectivity index (χ1) is 15.5. The van der Waals surface area contributed by atoms with E-state index in [4.69, 9.17) is 0 Å². The molecule has 1 saturated heterocycles. The highest BCUT2D eigenvalue weighted by molar-refractivity contribution is 7.89. The summed E-state index contributed by atoms with van der Waals surface area (Å²) >= 11 is 0. The van der Waals surface area contributed by atoms with Crippen molar-refractivity contribution in [3.05, 3.63) is 65.7 Å². The molecule has 2 aromatic carbocycles. The summed E-state index contributed by atoms with van der Waals surface area (Å²) in [5.74, 6) is -2.28. The zero-order chi connectivity index (χ0) is 24.2. The van der Waals surface area contributed by atoms with Crippen LogP contribution in [-0.2, 0) is 32.2 Å². The van der Waals surface area contributed by atoms with Crippen molar-refractivity contribution in [2.45, 2.75) is 36.4 Å². The van der Waals surface area contributed by atoms with Gasteiger partial charge in [0.05, 0.1) is 10.5 Å². The number of aliphatic carboxylic acids is 1. The highest BCUT2D eigenvalue weighted by atomic mass is 32.2. The number of piperidine rings is 1. The predicted octanol–water partition coefficient (Wildman–Crippen LogP) is 2.92. The monoisotopic (exact) mass is 484 g/mol. The fourth-order valence-corrected chi connectivity index (χ4v) is 5.20. The van der Waals surface area contributed by atoms with Crippen LogP contribution in [0.4, 0.5) is 13.2 Å². The molecule has 1 fully saturated rings. The van der Waals surface area contributed by atoms with Crippen molar-refractivity contribution in [1.82, 2.24) is 9.62 Å². The second-order valence-electron chi connectivity index (χ2n) is 7.79. The normalized spacial score (nSPS) is 16.8.